The van der Waals surface area contributed by atoms with E-state index in [4.69, 9.17) is 0 Å². The van der Waals surface area contributed by atoms with E-state index in [-0.39, 0.29) is 6.71 Å². The number of rotatable bonds is 3. The van der Waals surface area contributed by atoms with Gasteiger partial charge in [0.15, 0.2) is 0 Å². The number of benzene rings is 7. The molecule has 0 bridgehead atoms. The standard InChI is InChI=1S/C40H25BBrN/c42-29-20-21-33-34-24-28(19-22-37(34)43(38(33)25-29)30-14-5-2-6-15-30)41-36-18-10-9-17-32(36)35-23-27-13-7-8-16-31(27)39(40(35)41)26-11-3-1-4-12-26/h1-25H. The predicted octanol–water partition coefficient (Wildman–Crippen LogP) is 8.86. The monoisotopic (exact) mass is 609 g/mol. The smallest absolute Gasteiger partial charge is 0.243 e. The highest BCUT2D eigenvalue weighted by atomic mass is 79.9. The molecule has 0 unspecified atom stereocenters. The quantitative estimate of drug-likeness (QED) is 0.176. The summed E-state index contributed by atoms with van der Waals surface area (Å²) in [6, 6.07) is 55.7. The van der Waals surface area contributed by atoms with Crippen LogP contribution >= 0.6 is 15.9 Å². The van der Waals surface area contributed by atoms with Crippen LogP contribution in [0.4, 0.5) is 0 Å². The minimum absolute atomic E-state index is 0.126. The van der Waals surface area contributed by atoms with E-state index >= 15 is 0 Å². The number of hydrogen-bond acceptors (Lipinski definition) is 0. The van der Waals surface area contributed by atoms with Gasteiger partial charge in [0, 0.05) is 20.9 Å². The van der Waals surface area contributed by atoms with Crippen LogP contribution in [0, 0.1) is 0 Å². The fourth-order valence-corrected chi connectivity index (χ4v) is 7.69. The molecule has 0 aliphatic carbocycles. The number of halogens is 1. The van der Waals surface area contributed by atoms with Crippen LogP contribution in [0.2, 0.25) is 0 Å². The van der Waals surface area contributed by atoms with Gasteiger partial charge in [-0.05, 0) is 69.4 Å². The summed E-state index contributed by atoms with van der Waals surface area (Å²) >= 11 is 3.74. The zero-order chi connectivity index (χ0) is 28.5. The Labute approximate surface area is 259 Å². The van der Waals surface area contributed by atoms with Crippen molar-refractivity contribution < 1.29 is 0 Å². The van der Waals surface area contributed by atoms with Crippen molar-refractivity contribution in [3.05, 3.63) is 156 Å². The summed E-state index contributed by atoms with van der Waals surface area (Å²) in [5, 5.41) is 5.12. The third-order valence-electron chi connectivity index (χ3n) is 9.10. The maximum absolute atomic E-state index is 3.74. The molecule has 200 valence electrons. The van der Waals surface area contributed by atoms with E-state index in [9.17, 15) is 0 Å². The summed E-state index contributed by atoms with van der Waals surface area (Å²) < 4.78 is 3.47. The van der Waals surface area contributed by atoms with Crippen LogP contribution in [0.15, 0.2) is 156 Å². The normalized spacial score (nSPS) is 12.3. The van der Waals surface area contributed by atoms with E-state index in [0.29, 0.717) is 0 Å². The molecule has 9 rings (SSSR count). The fourth-order valence-electron chi connectivity index (χ4n) is 7.34. The minimum Gasteiger partial charge on any atom is -0.309 e. The Bertz CT molecular complexity index is 2360. The van der Waals surface area contributed by atoms with Gasteiger partial charge in [-0.3, -0.25) is 0 Å². The van der Waals surface area contributed by atoms with Crippen molar-refractivity contribution in [3.8, 4) is 27.9 Å². The first-order valence-corrected chi connectivity index (χ1v) is 15.5. The fraction of sp³-hybridized carbons (Fsp3) is 0. The molecule has 0 fully saturated rings. The lowest BCUT2D eigenvalue weighted by Gasteiger charge is -2.19. The zero-order valence-electron chi connectivity index (χ0n) is 23.3. The molecule has 8 aromatic rings. The summed E-state index contributed by atoms with van der Waals surface area (Å²) in [7, 11) is 0. The molecule has 1 aromatic heterocycles. The molecule has 0 saturated carbocycles. The Hall–Kier alpha value is -4.86. The second-order valence-corrected chi connectivity index (χ2v) is 12.3. The number of nitrogens with zero attached hydrogens (tertiary/aromatic N) is 1. The van der Waals surface area contributed by atoms with E-state index in [1.165, 1.54) is 76.9 Å². The molecule has 0 saturated heterocycles. The summed E-state index contributed by atoms with van der Waals surface area (Å²) in [5.41, 5.74) is 13.0. The van der Waals surface area contributed by atoms with Gasteiger partial charge in [0.25, 0.3) is 0 Å². The maximum Gasteiger partial charge on any atom is 0.243 e. The van der Waals surface area contributed by atoms with E-state index in [2.05, 4.69) is 172 Å². The van der Waals surface area contributed by atoms with Gasteiger partial charge in [-0.25, -0.2) is 0 Å². The molecule has 0 N–H and O–H groups in total. The summed E-state index contributed by atoms with van der Waals surface area (Å²) in [6.45, 7) is 0.126. The topological polar surface area (TPSA) is 4.93 Å². The van der Waals surface area contributed by atoms with Gasteiger partial charge >= 0.3 is 0 Å². The Morgan fingerprint density at radius 1 is 0.512 bits per heavy atom. The molecule has 2 heterocycles. The number of hydrogen-bond donors (Lipinski definition) is 0. The van der Waals surface area contributed by atoms with Crippen LogP contribution in [0.5, 0.6) is 0 Å². The van der Waals surface area contributed by atoms with Crippen LogP contribution in [0.1, 0.15) is 0 Å². The van der Waals surface area contributed by atoms with Crippen LogP contribution in [0.3, 0.4) is 0 Å². The highest BCUT2D eigenvalue weighted by Crippen LogP contribution is 2.37. The summed E-state index contributed by atoms with van der Waals surface area (Å²) in [5.74, 6) is 0. The third-order valence-corrected chi connectivity index (χ3v) is 9.60. The number of fused-ring (bicyclic) bond motifs is 7. The highest BCUT2D eigenvalue weighted by Gasteiger charge is 2.36. The predicted molar refractivity (Wildman–Crippen MR) is 188 cm³/mol. The van der Waals surface area contributed by atoms with Gasteiger partial charge in [-0.15, -0.1) is 0 Å². The molecule has 0 spiro atoms. The molecule has 1 nitrogen and oxygen atoms in total. The molecule has 43 heavy (non-hydrogen) atoms. The van der Waals surface area contributed by atoms with Gasteiger partial charge in [0.1, 0.15) is 0 Å². The molecule has 3 heteroatoms. The Kier molecular flexibility index (Phi) is 5.51. The van der Waals surface area contributed by atoms with Crippen molar-refractivity contribution in [2.45, 2.75) is 0 Å². The maximum atomic E-state index is 3.74. The van der Waals surface area contributed by atoms with Crippen LogP contribution in [-0.2, 0) is 0 Å². The Balaban J connectivity index is 1.37. The Morgan fingerprint density at radius 2 is 1.26 bits per heavy atom. The average Bonchev–Trinajstić information content (AvgIpc) is 3.56. The molecule has 0 atom stereocenters. The lowest BCUT2D eigenvalue weighted by molar-refractivity contribution is 1.18. The van der Waals surface area contributed by atoms with Crippen LogP contribution in [-0.4, -0.2) is 11.3 Å². The number of para-hydroxylation sites is 1. The largest absolute Gasteiger partial charge is 0.309 e. The van der Waals surface area contributed by atoms with E-state index < -0.39 is 0 Å². The molecule has 0 amide bonds. The van der Waals surface area contributed by atoms with Crippen molar-refractivity contribution in [3.63, 3.8) is 0 Å². The number of aromatic nitrogens is 1. The van der Waals surface area contributed by atoms with E-state index in [0.717, 1.165) is 4.47 Å². The lowest BCUT2D eigenvalue weighted by Crippen LogP contribution is -2.49. The van der Waals surface area contributed by atoms with Gasteiger partial charge in [-0.2, -0.15) is 0 Å². The molecule has 0 radical (unpaired) electrons. The first kappa shape index (κ1) is 24.7. The van der Waals surface area contributed by atoms with Gasteiger partial charge in [0.05, 0.1) is 11.0 Å². The Morgan fingerprint density at radius 3 is 2.12 bits per heavy atom. The van der Waals surface area contributed by atoms with Crippen molar-refractivity contribution in [1.82, 2.24) is 4.57 Å². The molecule has 1 aliphatic rings. The molecular weight excluding hydrogens is 585 g/mol. The second-order valence-electron chi connectivity index (χ2n) is 11.4. The van der Waals surface area contributed by atoms with Crippen LogP contribution < -0.4 is 16.4 Å². The SMILES string of the molecule is Brc1ccc2c3cc(B4c5ccccc5-c5cc6ccccc6c(-c6ccccc6)c54)ccc3n(-c3ccccc3)c2c1. The lowest BCUT2D eigenvalue weighted by atomic mass is 9.38. The second kappa shape index (κ2) is 9.59. The average molecular weight is 610 g/mol. The molecular formula is C40H25BBrN. The van der Waals surface area contributed by atoms with Crippen molar-refractivity contribution in [2.24, 2.45) is 0 Å². The van der Waals surface area contributed by atoms with Gasteiger partial charge in [-0.1, -0.05) is 148 Å². The highest BCUT2D eigenvalue weighted by molar-refractivity contribution is 9.10. The summed E-state index contributed by atoms with van der Waals surface area (Å²) in [4.78, 5) is 0. The third kappa shape index (κ3) is 3.71. The van der Waals surface area contributed by atoms with Crippen molar-refractivity contribution in [1.29, 1.82) is 0 Å². The minimum atomic E-state index is 0.126. The zero-order valence-corrected chi connectivity index (χ0v) is 24.9. The first-order chi connectivity index (χ1) is 21.3. The van der Waals surface area contributed by atoms with Crippen molar-refractivity contribution >= 4 is 71.6 Å². The van der Waals surface area contributed by atoms with Gasteiger partial charge in [0.2, 0.25) is 6.71 Å². The van der Waals surface area contributed by atoms with E-state index in [1.807, 2.05) is 0 Å². The first-order valence-electron chi connectivity index (χ1n) is 14.8. The molecule has 7 aromatic carbocycles. The van der Waals surface area contributed by atoms with Crippen molar-refractivity contribution in [2.75, 3.05) is 0 Å². The van der Waals surface area contributed by atoms with Crippen LogP contribution in [0.25, 0.3) is 60.5 Å². The molecule has 1 aliphatic heterocycles. The summed E-state index contributed by atoms with van der Waals surface area (Å²) in [6.07, 6.45) is 0. The van der Waals surface area contributed by atoms with E-state index in [1.54, 1.807) is 0 Å². The van der Waals surface area contributed by atoms with Gasteiger partial charge < -0.3 is 4.57 Å².